The molecule has 0 fully saturated rings. The van der Waals surface area contributed by atoms with E-state index >= 15 is 0 Å². The number of nitrogens with zero attached hydrogens (tertiary/aromatic N) is 2. The molecule has 0 saturated carbocycles. The summed E-state index contributed by atoms with van der Waals surface area (Å²) in [5.74, 6) is -2.26. The molecule has 0 radical (unpaired) electrons. The third kappa shape index (κ3) is 6.01. The van der Waals surface area contributed by atoms with Crippen molar-refractivity contribution >= 4 is 35.0 Å². The lowest BCUT2D eigenvalue weighted by Crippen LogP contribution is -2.31. The number of halogens is 1. The molecule has 0 aliphatic rings. The minimum Gasteiger partial charge on any atom is -0.378 e. The zero-order chi connectivity index (χ0) is 24.0. The highest BCUT2D eigenvalue weighted by Crippen LogP contribution is 2.19. The van der Waals surface area contributed by atoms with E-state index in [0.717, 1.165) is 11.8 Å². The maximum absolute atomic E-state index is 14.1. The van der Waals surface area contributed by atoms with Crippen LogP contribution in [0.4, 0.5) is 21.5 Å². The minimum absolute atomic E-state index is 0.160. The van der Waals surface area contributed by atoms with E-state index in [0.29, 0.717) is 5.56 Å². The van der Waals surface area contributed by atoms with Gasteiger partial charge in [0.05, 0.1) is 10.5 Å². The van der Waals surface area contributed by atoms with Gasteiger partial charge >= 0.3 is 0 Å². The predicted molar refractivity (Wildman–Crippen MR) is 124 cm³/mol. The third-order valence-corrected chi connectivity index (χ3v) is 4.65. The van der Waals surface area contributed by atoms with Crippen molar-refractivity contribution in [2.45, 2.75) is 0 Å². The van der Waals surface area contributed by atoms with Crippen LogP contribution in [0.3, 0.4) is 0 Å². The van der Waals surface area contributed by atoms with Crippen molar-refractivity contribution in [1.29, 1.82) is 0 Å². The Kier molecular flexibility index (Phi) is 7.14. The molecule has 0 bridgehead atoms. The molecule has 3 aromatic carbocycles. The molecule has 168 valence electrons. The lowest BCUT2D eigenvalue weighted by molar-refractivity contribution is -0.384. The van der Waals surface area contributed by atoms with Crippen LogP contribution in [0.1, 0.15) is 15.9 Å². The van der Waals surface area contributed by atoms with E-state index in [4.69, 9.17) is 0 Å². The normalized spacial score (nSPS) is 10.9. The summed E-state index contributed by atoms with van der Waals surface area (Å²) in [6, 6.07) is 18.0. The molecular weight excluding hydrogens is 427 g/mol. The van der Waals surface area contributed by atoms with Gasteiger partial charge in [-0.2, -0.15) is 0 Å². The molecule has 0 aliphatic carbocycles. The van der Waals surface area contributed by atoms with E-state index in [-0.39, 0.29) is 22.6 Å². The molecule has 33 heavy (non-hydrogen) atoms. The topological polar surface area (TPSA) is 105 Å². The molecule has 0 atom stereocenters. The number of carbonyl (C=O) groups excluding carboxylic acids is 2. The summed E-state index contributed by atoms with van der Waals surface area (Å²) in [6.45, 7) is 0. The largest absolute Gasteiger partial charge is 0.378 e. The minimum atomic E-state index is -0.807. The van der Waals surface area contributed by atoms with Gasteiger partial charge in [0, 0.05) is 37.6 Å². The van der Waals surface area contributed by atoms with E-state index in [1.165, 1.54) is 48.5 Å². The Hall–Kier alpha value is -4.53. The molecule has 2 amide bonds. The first kappa shape index (κ1) is 23.1. The van der Waals surface area contributed by atoms with Crippen molar-refractivity contribution in [3.05, 3.63) is 106 Å². The van der Waals surface area contributed by atoms with Crippen molar-refractivity contribution in [3.8, 4) is 0 Å². The van der Waals surface area contributed by atoms with E-state index < -0.39 is 22.6 Å². The van der Waals surface area contributed by atoms with Crippen LogP contribution in [-0.2, 0) is 4.79 Å². The maximum Gasteiger partial charge on any atom is 0.272 e. The summed E-state index contributed by atoms with van der Waals surface area (Å²) < 4.78 is 14.1. The zero-order valence-electron chi connectivity index (χ0n) is 17.9. The number of nitro benzene ring substituents is 1. The summed E-state index contributed by atoms with van der Waals surface area (Å²) >= 11 is 0. The van der Waals surface area contributed by atoms with Crippen LogP contribution in [0.5, 0.6) is 0 Å². The average molecular weight is 448 g/mol. The van der Waals surface area contributed by atoms with Gasteiger partial charge in [-0.1, -0.05) is 30.3 Å². The summed E-state index contributed by atoms with van der Waals surface area (Å²) in [4.78, 5) is 37.9. The van der Waals surface area contributed by atoms with Gasteiger partial charge in [-0.05, 0) is 42.0 Å². The van der Waals surface area contributed by atoms with Crippen molar-refractivity contribution in [2.75, 3.05) is 24.3 Å². The first-order valence-corrected chi connectivity index (χ1v) is 9.85. The highest BCUT2D eigenvalue weighted by Gasteiger charge is 2.18. The molecule has 0 unspecified atom stereocenters. The predicted octanol–water partition coefficient (Wildman–Crippen LogP) is 4.21. The number of amides is 2. The Labute approximate surface area is 189 Å². The first-order valence-electron chi connectivity index (χ1n) is 9.85. The van der Waals surface area contributed by atoms with Gasteiger partial charge < -0.3 is 15.5 Å². The Morgan fingerprint density at radius 2 is 1.70 bits per heavy atom. The molecule has 0 aliphatic heterocycles. The first-order chi connectivity index (χ1) is 15.7. The Morgan fingerprint density at radius 3 is 2.33 bits per heavy atom. The van der Waals surface area contributed by atoms with Gasteiger partial charge in [0.1, 0.15) is 11.5 Å². The molecule has 2 N–H and O–H groups in total. The quantitative estimate of drug-likeness (QED) is 0.320. The summed E-state index contributed by atoms with van der Waals surface area (Å²) in [5.41, 5.74) is 1.13. The lowest BCUT2D eigenvalue weighted by Gasteiger charge is -2.13. The van der Waals surface area contributed by atoms with Crippen LogP contribution in [0.25, 0.3) is 6.08 Å². The second kappa shape index (κ2) is 10.2. The standard InChI is InChI=1S/C24H21FN4O4/c1-28(2)18-12-10-16(11-13-18)14-22(27-23(30)20-8-3-4-9-21(20)25)24(31)26-17-6-5-7-19(15-17)29(32)33/h3-15H,1-2H3,(H,26,31)(H,27,30)/b22-14-. The number of benzene rings is 3. The Balaban J connectivity index is 1.92. The van der Waals surface area contributed by atoms with E-state index in [1.807, 2.05) is 31.1 Å². The van der Waals surface area contributed by atoms with Gasteiger partial charge in [-0.25, -0.2) is 4.39 Å². The fraction of sp³-hybridized carbons (Fsp3) is 0.0833. The lowest BCUT2D eigenvalue weighted by atomic mass is 10.1. The monoisotopic (exact) mass is 448 g/mol. The van der Waals surface area contributed by atoms with E-state index in [2.05, 4.69) is 10.6 Å². The van der Waals surface area contributed by atoms with Crippen LogP contribution in [-0.4, -0.2) is 30.8 Å². The van der Waals surface area contributed by atoms with Gasteiger partial charge in [-0.15, -0.1) is 0 Å². The number of hydrogen-bond acceptors (Lipinski definition) is 5. The molecule has 0 heterocycles. The fourth-order valence-corrected chi connectivity index (χ4v) is 2.92. The smallest absolute Gasteiger partial charge is 0.272 e. The van der Waals surface area contributed by atoms with Crippen molar-refractivity contribution in [1.82, 2.24) is 5.32 Å². The SMILES string of the molecule is CN(C)c1ccc(/C=C(\NC(=O)c2ccccc2F)C(=O)Nc2cccc([N+](=O)[O-])c2)cc1. The highest BCUT2D eigenvalue weighted by atomic mass is 19.1. The molecule has 8 nitrogen and oxygen atoms in total. The van der Waals surface area contributed by atoms with Crippen molar-refractivity contribution in [2.24, 2.45) is 0 Å². The number of non-ortho nitro benzene ring substituents is 1. The van der Waals surface area contributed by atoms with Crippen molar-refractivity contribution < 1.29 is 18.9 Å². The van der Waals surface area contributed by atoms with Crippen LogP contribution in [0, 0.1) is 15.9 Å². The number of nitro groups is 1. The van der Waals surface area contributed by atoms with Gasteiger partial charge in [0.2, 0.25) is 0 Å². The summed E-state index contributed by atoms with van der Waals surface area (Å²) in [7, 11) is 3.77. The fourth-order valence-electron chi connectivity index (χ4n) is 2.92. The average Bonchev–Trinajstić information content (AvgIpc) is 2.79. The molecule has 3 aromatic rings. The third-order valence-electron chi connectivity index (χ3n) is 4.65. The maximum atomic E-state index is 14.1. The second-order valence-corrected chi connectivity index (χ2v) is 7.24. The number of anilines is 2. The van der Waals surface area contributed by atoms with Crippen molar-refractivity contribution in [3.63, 3.8) is 0 Å². The van der Waals surface area contributed by atoms with Gasteiger partial charge in [0.25, 0.3) is 17.5 Å². The molecule has 0 saturated heterocycles. The number of hydrogen-bond donors (Lipinski definition) is 2. The molecule has 9 heteroatoms. The Morgan fingerprint density at radius 1 is 1.00 bits per heavy atom. The highest BCUT2D eigenvalue weighted by molar-refractivity contribution is 6.10. The van der Waals surface area contributed by atoms with Gasteiger partial charge in [0.15, 0.2) is 0 Å². The van der Waals surface area contributed by atoms with Crippen LogP contribution < -0.4 is 15.5 Å². The molecule has 0 aromatic heterocycles. The van der Waals surface area contributed by atoms with E-state index in [1.54, 1.807) is 12.1 Å². The summed E-state index contributed by atoms with van der Waals surface area (Å²) in [5, 5.41) is 16.0. The number of carbonyl (C=O) groups is 2. The van der Waals surface area contributed by atoms with E-state index in [9.17, 15) is 24.1 Å². The molecule has 0 spiro atoms. The second-order valence-electron chi connectivity index (χ2n) is 7.24. The van der Waals surface area contributed by atoms with Crippen LogP contribution in [0.2, 0.25) is 0 Å². The number of rotatable bonds is 7. The summed E-state index contributed by atoms with van der Waals surface area (Å²) in [6.07, 6.45) is 1.44. The molecular formula is C24H21FN4O4. The van der Waals surface area contributed by atoms with Gasteiger partial charge in [-0.3, -0.25) is 19.7 Å². The van der Waals surface area contributed by atoms with Crippen LogP contribution in [0.15, 0.2) is 78.5 Å². The van der Waals surface area contributed by atoms with Crippen LogP contribution >= 0.6 is 0 Å². The Bertz CT molecular complexity index is 1220. The molecule has 3 rings (SSSR count). The number of nitrogens with one attached hydrogen (secondary N) is 2. The zero-order valence-corrected chi connectivity index (χ0v) is 17.9.